The number of nitrogens with one attached hydrogen (secondary N) is 2. The number of hydrogen-bond acceptors (Lipinski definition) is 5. The van der Waals surface area contributed by atoms with Gasteiger partial charge in [0.05, 0.1) is 16.6 Å². The molecule has 0 aliphatic carbocycles. The molecule has 0 radical (unpaired) electrons. The van der Waals surface area contributed by atoms with Gasteiger partial charge in [0, 0.05) is 43.6 Å². The highest BCUT2D eigenvalue weighted by Crippen LogP contribution is 2.25. The molecule has 0 fully saturated rings. The van der Waals surface area contributed by atoms with Crippen LogP contribution in [0.1, 0.15) is 10.4 Å². The number of carbonyl (C=O) groups is 1. The lowest BCUT2D eigenvalue weighted by Gasteiger charge is -2.11. The van der Waals surface area contributed by atoms with Crippen LogP contribution in [-0.4, -0.2) is 45.0 Å². The zero-order chi connectivity index (χ0) is 21.5. The molecule has 0 atom stereocenters. The van der Waals surface area contributed by atoms with E-state index in [0.717, 1.165) is 39.1 Å². The average molecular weight is 411 g/mol. The molecular weight excluding hydrogens is 390 g/mol. The number of carbonyl (C=O) groups excluding carboxylic acids is 1. The smallest absolute Gasteiger partial charge is 0.255 e. The molecule has 2 N–H and O–H groups in total. The van der Waals surface area contributed by atoms with Crippen LogP contribution in [0, 0.1) is 0 Å². The number of imidazole rings is 1. The van der Waals surface area contributed by atoms with E-state index in [0.29, 0.717) is 11.3 Å². The topological polar surface area (TPSA) is 91.7 Å². The van der Waals surface area contributed by atoms with Crippen LogP contribution in [0.5, 0.6) is 0 Å². The second kappa shape index (κ2) is 7.24. The number of nitrogens with zero attached hydrogens (tertiary/aromatic N) is 5. The van der Waals surface area contributed by atoms with Gasteiger partial charge in [-0.2, -0.15) is 0 Å². The summed E-state index contributed by atoms with van der Waals surface area (Å²) in [6.07, 6.45) is 0. The van der Waals surface area contributed by atoms with Gasteiger partial charge in [-0.15, -0.1) is 5.10 Å². The van der Waals surface area contributed by atoms with Crippen molar-refractivity contribution in [1.29, 1.82) is 0 Å². The summed E-state index contributed by atoms with van der Waals surface area (Å²) in [7, 11) is 5.82. The molecule has 5 aromatic rings. The van der Waals surface area contributed by atoms with E-state index in [4.69, 9.17) is 4.98 Å². The Morgan fingerprint density at radius 1 is 1.00 bits per heavy atom. The Labute approximate surface area is 178 Å². The molecule has 5 rings (SSSR count). The van der Waals surface area contributed by atoms with Gasteiger partial charge in [0.25, 0.3) is 5.91 Å². The fourth-order valence-corrected chi connectivity index (χ4v) is 3.51. The molecule has 0 bridgehead atoms. The van der Waals surface area contributed by atoms with Gasteiger partial charge in [-0.3, -0.25) is 4.79 Å². The Hall–Kier alpha value is -4.20. The standard InChI is InChI=1S/C23H21N7O/c1-29(2)17-8-4-14(5-9-17)22-25-18-11-7-16(13-20(18)26-22)24-23(31)15-6-10-19-21(12-15)30(3)28-27-19/h4-13H,1-3H3,(H,24,31)(H,25,26). The fraction of sp³-hybridized carbons (Fsp3) is 0.130. The molecule has 3 aromatic carbocycles. The molecule has 0 unspecified atom stereocenters. The normalized spacial score (nSPS) is 11.2. The molecule has 8 nitrogen and oxygen atoms in total. The van der Waals surface area contributed by atoms with Crippen LogP contribution in [-0.2, 0) is 7.05 Å². The lowest BCUT2D eigenvalue weighted by Crippen LogP contribution is -2.11. The molecule has 0 aliphatic heterocycles. The number of rotatable bonds is 4. The van der Waals surface area contributed by atoms with Crippen molar-refractivity contribution in [1.82, 2.24) is 25.0 Å². The van der Waals surface area contributed by atoms with Crippen LogP contribution in [0.4, 0.5) is 11.4 Å². The van der Waals surface area contributed by atoms with E-state index in [1.807, 2.05) is 44.4 Å². The maximum absolute atomic E-state index is 12.7. The fourth-order valence-electron chi connectivity index (χ4n) is 3.51. The number of aromatic amines is 1. The summed E-state index contributed by atoms with van der Waals surface area (Å²) in [6.45, 7) is 0. The van der Waals surface area contributed by atoms with E-state index in [1.165, 1.54) is 0 Å². The minimum atomic E-state index is -0.197. The summed E-state index contributed by atoms with van der Waals surface area (Å²) in [5.74, 6) is 0.593. The summed E-state index contributed by atoms with van der Waals surface area (Å²) in [4.78, 5) is 22.8. The Morgan fingerprint density at radius 3 is 2.58 bits per heavy atom. The third-order valence-electron chi connectivity index (χ3n) is 5.27. The van der Waals surface area contributed by atoms with E-state index < -0.39 is 0 Å². The highest BCUT2D eigenvalue weighted by molar-refractivity contribution is 6.06. The van der Waals surface area contributed by atoms with Crippen LogP contribution in [0.2, 0.25) is 0 Å². The summed E-state index contributed by atoms with van der Waals surface area (Å²) >= 11 is 0. The predicted octanol–water partition coefficient (Wildman–Crippen LogP) is 3.83. The number of fused-ring (bicyclic) bond motifs is 2. The average Bonchev–Trinajstić information content (AvgIpc) is 3.37. The van der Waals surface area contributed by atoms with Crippen LogP contribution in [0.25, 0.3) is 33.5 Å². The van der Waals surface area contributed by atoms with Gasteiger partial charge in [0.2, 0.25) is 0 Å². The highest BCUT2D eigenvalue weighted by Gasteiger charge is 2.11. The molecule has 0 aliphatic rings. The SMILES string of the molecule is CN(C)c1ccc(-c2nc3cc(NC(=O)c4ccc5nnn(C)c5c4)ccc3[nH]2)cc1. The Balaban J connectivity index is 1.40. The van der Waals surface area contributed by atoms with E-state index in [-0.39, 0.29) is 5.91 Å². The molecule has 1 amide bonds. The Kier molecular flexibility index (Phi) is 4.39. The van der Waals surface area contributed by atoms with Gasteiger partial charge in [-0.25, -0.2) is 9.67 Å². The first-order chi connectivity index (χ1) is 15.0. The van der Waals surface area contributed by atoms with Gasteiger partial charge in [-0.05, 0) is 60.7 Å². The third-order valence-corrected chi connectivity index (χ3v) is 5.27. The Morgan fingerprint density at radius 2 is 1.81 bits per heavy atom. The molecule has 2 heterocycles. The first kappa shape index (κ1) is 18.8. The maximum Gasteiger partial charge on any atom is 0.255 e. The van der Waals surface area contributed by atoms with Crippen molar-refractivity contribution in [2.75, 3.05) is 24.3 Å². The van der Waals surface area contributed by atoms with Gasteiger partial charge >= 0.3 is 0 Å². The first-order valence-corrected chi connectivity index (χ1v) is 9.86. The van der Waals surface area contributed by atoms with Crippen molar-refractivity contribution in [3.8, 4) is 11.4 Å². The lowest BCUT2D eigenvalue weighted by molar-refractivity contribution is 0.102. The molecular formula is C23H21N7O. The first-order valence-electron chi connectivity index (χ1n) is 9.86. The van der Waals surface area contributed by atoms with Crippen molar-refractivity contribution in [2.45, 2.75) is 0 Å². The maximum atomic E-state index is 12.7. The molecule has 0 saturated carbocycles. The lowest BCUT2D eigenvalue weighted by atomic mass is 10.1. The van der Waals surface area contributed by atoms with E-state index >= 15 is 0 Å². The van der Waals surface area contributed by atoms with Crippen molar-refractivity contribution in [3.05, 3.63) is 66.2 Å². The Bertz CT molecular complexity index is 1410. The van der Waals surface area contributed by atoms with Gasteiger partial charge in [0.1, 0.15) is 11.3 Å². The van der Waals surface area contributed by atoms with Gasteiger partial charge < -0.3 is 15.2 Å². The van der Waals surface area contributed by atoms with Crippen molar-refractivity contribution < 1.29 is 4.79 Å². The zero-order valence-corrected chi connectivity index (χ0v) is 17.4. The number of benzene rings is 3. The highest BCUT2D eigenvalue weighted by atomic mass is 16.1. The second-order valence-corrected chi connectivity index (χ2v) is 7.63. The largest absolute Gasteiger partial charge is 0.378 e. The van der Waals surface area contributed by atoms with Crippen LogP contribution in [0.15, 0.2) is 60.7 Å². The predicted molar refractivity (Wildman–Crippen MR) is 122 cm³/mol. The van der Waals surface area contributed by atoms with E-state index in [9.17, 15) is 4.79 Å². The zero-order valence-electron chi connectivity index (χ0n) is 17.4. The van der Waals surface area contributed by atoms with Gasteiger partial charge in [-0.1, -0.05) is 5.21 Å². The molecule has 31 heavy (non-hydrogen) atoms. The minimum absolute atomic E-state index is 0.197. The molecule has 2 aromatic heterocycles. The van der Waals surface area contributed by atoms with Crippen molar-refractivity contribution in [3.63, 3.8) is 0 Å². The number of amides is 1. The summed E-state index contributed by atoms with van der Waals surface area (Å²) in [6, 6.07) is 19.2. The number of anilines is 2. The molecule has 8 heteroatoms. The van der Waals surface area contributed by atoms with Gasteiger partial charge in [0.15, 0.2) is 0 Å². The number of aryl methyl sites for hydroxylation is 1. The van der Waals surface area contributed by atoms with Crippen molar-refractivity contribution >= 4 is 39.3 Å². The molecule has 0 saturated heterocycles. The minimum Gasteiger partial charge on any atom is -0.378 e. The third kappa shape index (κ3) is 3.48. The van der Waals surface area contributed by atoms with Crippen molar-refractivity contribution in [2.24, 2.45) is 7.05 Å². The quantitative estimate of drug-likeness (QED) is 0.469. The summed E-state index contributed by atoms with van der Waals surface area (Å²) in [5.41, 5.74) is 6.62. The number of aromatic nitrogens is 5. The second-order valence-electron chi connectivity index (χ2n) is 7.63. The van der Waals surface area contributed by atoms with Crippen LogP contribution >= 0.6 is 0 Å². The summed E-state index contributed by atoms with van der Waals surface area (Å²) in [5, 5.41) is 11.0. The van der Waals surface area contributed by atoms with E-state index in [1.54, 1.807) is 29.9 Å². The summed E-state index contributed by atoms with van der Waals surface area (Å²) < 4.78 is 1.65. The molecule has 0 spiro atoms. The number of hydrogen-bond donors (Lipinski definition) is 2. The van der Waals surface area contributed by atoms with E-state index in [2.05, 4.69) is 37.6 Å². The van der Waals surface area contributed by atoms with Crippen LogP contribution in [0.3, 0.4) is 0 Å². The number of H-pyrrole nitrogens is 1. The van der Waals surface area contributed by atoms with Crippen LogP contribution < -0.4 is 10.2 Å². The monoisotopic (exact) mass is 411 g/mol. The molecule has 154 valence electrons.